The van der Waals surface area contributed by atoms with Gasteiger partial charge in [-0.3, -0.25) is 4.99 Å². The normalized spacial score (nSPS) is 12.8. The molecule has 0 aliphatic rings. The topological polar surface area (TPSA) is 82.6 Å². The van der Waals surface area contributed by atoms with Gasteiger partial charge in [-0.25, -0.2) is 13.1 Å². The average molecular weight is 403 g/mol. The van der Waals surface area contributed by atoms with Gasteiger partial charge in [-0.1, -0.05) is 60.7 Å². The average Bonchev–Trinajstić information content (AvgIpc) is 2.64. The molecular weight excluding hydrogens is 372 g/mol. The van der Waals surface area contributed by atoms with E-state index in [0.717, 1.165) is 6.26 Å². The lowest BCUT2D eigenvalue weighted by Gasteiger charge is -2.27. The van der Waals surface area contributed by atoms with Crippen molar-refractivity contribution in [3.63, 3.8) is 0 Å². The van der Waals surface area contributed by atoms with Crippen LogP contribution in [0.1, 0.15) is 30.9 Å². The van der Waals surface area contributed by atoms with E-state index in [-0.39, 0.29) is 5.92 Å². The SMILES string of the molecule is CN=C(NCC(c1ccccc1)c1ccccc1)NCC(C)(C)NS(C)(=O)=O. The van der Waals surface area contributed by atoms with E-state index in [1.165, 1.54) is 11.1 Å². The van der Waals surface area contributed by atoms with Crippen molar-refractivity contribution in [2.45, 2.75) is 25.3 Å². The van der Waals surface area contributed by atoms with Gasteiger partial charge in [0.1, 0.15) is 0 Å². The third kappa shape index (κ3) is 7.32. The van der Waals surface area contributed by atoms with Crippen LogP contribution in [0.25, 0.3) is 0 Å². The summed E-state index contributed by atoms with van der Waals surface area (Å²) in [5, 5.41) is 6.57. The predicted octanol–water partition coefficient (Wildman–Crippen LogP) is 2.31. The zero-order valence-corrected chi connectivity index (χ0v) is 17.8. The standard InChI is InChI=1S/C21H30N4O2S/c1-21(2,25-28(4,26)27)16-24-20(22-3)23-15-19(17-11-7-5-8-12-17)18-13-9-6-10-14-18/h5-14,19,25H,15-16H2,1-4H3,(H2,22,23,24). The number of aliphatic imine (C=N–C) groups is 1. The van der Waals surface area contributed by atoms with Gasteiger partial charge in [-0.15, -0.1) is 0 Å². The molecule has 0 radical (unpaired) electrons. The van der Waals surface area contributed by atoms with Crippen LogP contribution in [0, 0.1) is 0 Å². The van der Waals surface area contributed by atoms with Crippen molar-refractivity contribution < 1.29 is 8.42 Å². The second-order valence-corrected chi connectivity index (χ2v) is 9.19. The Morgan fingerprint density at radius 2 is 1.46 bits per heavy atom. The molecule has 0 spiro atoms. The first-order chi connectivity index (χ1) is 13.2. The highest BCUT2D eigenvalue weighted by molar-refractivity contribution is 7.88. The van der Waals surface area contributed by atoms with Crippen LogP contribution in [0.5, 0.6) is 0 Å². The van der Waals surface area contributed by atoms with Crippen LogP contribution >= 0.6 is 0 Å². The summed E-state index contributed by atoms with van der Waals surface area (Å²) in [6, 6.07) is 20.7. The number of hydrogen-bond donors (Lipinski definition) is 3. The van der Waals surface area contributed by atoms with Gasteiger partial charge in [-0.05, 0) is 25.0 Å². The Kier molecular flexibility index (Phi) is 7.60. The third-order valence-electron chi connectivity index (χ3n) is 4.26. The Bertz CT molecular complexity index is 826. The smallest absolute Gasteiger partial charge is 0.209 e. The van der Waals surface area contributed by atoms with Crippen molar-refractivity contribution in [1.82, 2.24) is 15.4 Å². The molecule has 28 heavy (non-hydrogen) atoms. The van der Waals surface area contributed by atoms with Gasteiger partial charge in [0.05, 0.1) is 6.26 Å². The van der Waals surface area contributed by atoms with Crippen molar-refractivity contribution in [2.75, 3.05) is 26.4 Å². The van der Waals surface area contributed by atoms with Crippen molar-refractivity contribution >= 4 is 16.0 Å². The molecule has 0 aliphatic heterocycles. The molecule has 0 amide bonds. The highest BCUT2D eigenvalue weighted by Gasteiger charge is 2.22. The van der Waals surface area contributed by atoms with E-state index in [4.69, 9.17) is 0 Å². The van der Waals surface area contributed by atoms with Gasteiger partial charge < -0.3 is 10.6 Å². The Labute approximate surface area is 168 Å². The van der Waals surface area contributed by atoms with Crippen LogP contribution in [0.4, 0.5) is 0 Å². The summed E-state index contributed by atoms with van der Waals surface area (Å²) in [5.74, 6) is 0.795. The van der Waals surface area contributed by atoms with Gasteiger partial charge >= 0.3 is 0 Å². The van der Waals surface area contributed by atoms with Gasteiger partial charge in [-0.2, -0.15) is 0 Å². The first kappa shape index (κ1) is 21.9. The minimum atomic E-state index is -3.28. The molecule has 0 aliphatic carbocycles. The number of hydrogen-bond acceptors (Lipinski definition) is 3. The van der Waals surface area contributed by atoms with Gasteiger partial charge in [0.25, 0.3) is 0 Å². The molecule has 6 nitrogen and oxygen atoms in total. The lowest BCUT2D eigenvalue weighted by atomic mass is 9.91. The highest BCUT2D eigenvalue weighted by Crippen LogP contribution is 2.23. The molecule has 3 N–H and O–H groups in total. The number of nitrogens with zero attached hydrogens (tertiary/aromatic N) is 1. The Morgan fingerprint density at radius 3 is 1.89 bits per heavy atom. The van der Waals surface area contributed by atoms with Crippen molar-refractivity contribution in [1.29, 1.82) is 0 Å². The van der Waals surface area contributed by atoms with E-state index in [2.05, 4.69) is 44.6 Å². The van der Waals surface area contributed by atoms with Gasteiger partial charge in [0.2, 0.25) is 10.0 Å². The fourth-order valence-electron chi connectivity index (χ4n) is 3.06. The van der Waals surface area contributed by atoms with Crippen LogP contribution in [0.3, 0.4) is 0 Å². The minimum Gasteiger partial charge on any atom is -0.355 e. The molecule has 0 saturated heterocycles. The molecule has 2 aromatic carbocycles. The molecular formula is C21H30N4O2S. The molecule has 0 fully saturated rings. The molecule has 0 atom stereocenters. The second kappa shape index (κ2) is 9.71. The van der Waals surface area contributed by atoms with Crippen LogP contribution in [0.2, 0.25) is 0 Å². The molecule has 0 saturated carbocycles. The van der Waals surface area contributed by atoms with E-state index in [1.807, 2.05) is 50.2 Å². The van der Waals surface area contributed by atoms with Gasteiger partial charge in [0, 0.05) is 31.6 Å². The zero-order valence-electron chi connectivity index (χ0n) is 16.9. The Balaban J connectivity index is 2.05. The number of nitrogens with one attached hydrogen (secondary N) is 3. The Morgan fingerprint density at radius 1 is 0.964 bits per heavy atom. The molecule has 7 heteroatoms. The maximum Gasteiger partial charge on any atom is 0.209 e. The first-order valence-electron chi connectivity index (χ1n) is 9.23. The molecule has 2 rings (SSSR count). The number of benzene rings is 2. The summed E-state index contributed by atoms with van der Waals surface area (Å²) in [6.07, 6.45) is 1.16. The van der Waals surface area contributed by atoms with Crippen LogP contribution in [0.15, 0.2) is 65.7 Å². The molecule has 0 heterocycles. The lowest BCUT2D eigenvalue weighted by molar-refractivity contribution is 0.446. The van der Waals surface area contributed by atoms with Crippen molar-refractivity contribution in [3.05, 3.63) is 71.8 Å². The molecule has 0 unspecified atom stereocenters. The first-order valence-corrected chi connectivity index (χ1v) is 11.1. The highest BCUT2D eigenvalue weighted by atomic mass is 32.2. The Hall–Kier alpha value is -2.38. The lowest BCUT2D eigenvalue weighted by Crippen LogP contribution is -2.53. The summed E-state index contributed by atoms with van der Waals surface area (Å²) in [6.45, 7) is 4.71. The van der Waals surface area contributed by atoms with E-state index < -0.39 is 15.6 Å². The summed E-state index contributed by atoms with van der Waals surface area (Å²) >= 11 is 0. The fourth-order valence-corrected chi connectivity index (χ4v) is 4.14. The monoisotopic (exact) mass is 402 g/mol. The fraction of sp³-hybridized carbons (Fsp3) is 0.381. The summed E-state index contributed by atoms with van der Waals surface area (Å²) < 4.78 is 25.6. The van der Waals surface area contributed by atoms with E-state index in [0.29, 0.717) is 19.0 Å². The summed E-state index contributed by atoms with van der Waals surface area (Å²) in [7, 11) is -1.58. The summed E-state index contributed by atoms with van der Waals surface area (Å²) in [4.78, 5) is 4.26. The molecule has 2 aromatic rings. The van der Waals surface area contributed by atoms with E-state index in [1.54, 1.807) is 7.05 Å². The minimum absolute atomic E-state index is 0.170. The second-order valence-electron chi connectivity index (χ2n) is 7.44. The maximum atomic E-state index is 11.5. The van der Waals surface area contributed by atoms with Crippen molar-refractivity contribution in [3.8, 4) is 0 Å². The van der Waals surface area contributed by atoms with Crippen LogP contribution < -0.4 is 15.4 Å². The number of sulfonamides is 1. The van der Waals surface area contributed by atoms with Crippen molar-refractivity contribution in [2.24, 2.45) is 4.99 Å². The molecule has 0 aromatic heterocycles. The summed E-state index contributed by atoms with van der Waals surface area (Å²) in [5.41, 5.74) is 1.80. The van der Waals surface area contributed by atoms with E-state index in [9.17, 15) is 8.42 Å². The third-order valence-corrected chi connectivity index (χ3v) is 5.18. The molecule has 152 valence electrons. The van der Waals surface area contributed by atoms with Gasteiger partial charge in [0.15, 0.2) is 5.96 Å². The number of guanidine groups is 1. The maximum absolute atomic E-state index is 11.5. The predicted molar refractivity (Wildman–Crippen MR) is 116 cm³/mol. The van der Waals surface area contributed by atoms with Crippen LogP contribution in [-0.4, -0.2) is 46.3 Å². The largest absolute Gasteiger partial charge is 0.355 e. The molecule has 0 bridgehead atoms. The van der Waals surface area contributed by atoms with Crippen LogP contribution in [-0.2, 0) is 10.0 Å². The number of rotatable bonds is 8. The van der Waals surface area contributed by atoms with E-state index >= 15 is 0 Å². The zero-order chi connectivity index (χ0) is 20.6. The quantitative estimate of drug-likeness (QED) is 0.467.